The molecule has 0 fully saturated rings. The van der Waals surface area contributed by atoms with Gasteiger partial charge >= 0.3 is 0 Å². The summed E-state index contributed by atoms with van der Waals surface area (Å²) in [7, 11) is 0. The van der Waals surface area contributed by atoms with Crippen LogP contribution in [0.25, 0.3) is 10.2 Å². The van der Waals surface area contributed by atoms with E-state index in [1.807, 2.05) is 18.2 Å². The lowest BCUT2D eigenvalue weighted by Crippen LogP contribution is -2.02. The van der Waals surface area contributed by atoms with Crippen LogP contribution in [0.5, 0.6) is 0 Å². The fourth-order valence-corrected chi connectivity index (χ4v) is 4.71. The molecular weight excluding hydrogens is 392 g/mol. The maximum absolute atomic E-state index is 5.64. The first kappa shape index (κ1) is 17.4. The second-order valence-electron chi connectivity index (χ2n) is 6.42. The molecule has 0 bridgehead atoms. The summed E-state index contributed by atoms with van der Waals surface area (Å²) in [5.74, 6) is 1.87. The molecule has 1 aromatic carbocycles. The number of anilines is 3. The summed E-state index contributed by atoms with van der Waals surface area (Å²) in [6.45, 7) is 1.45. The van der Waals surface area contributed by atoms with Crippen molar-refractivity contribution in [3.63, 3.8) is 0 Å². The Kier molecular flexibility index (Phi) is 4.59. The van der Waals surface area contributed by atoms with Gasteiger partial charge in [0.15, 0.2) is 5.13 Å². The third kappa shape index (κ3) is 3.53. The molecule has 0 amide bonds. The average Bonchev–Trinajstić information content (AvgIpc) is 3.40. The van der Waals surface area contributed by atoms with Crippen LogP contribution in [-0.4, -0.2) is 24.5 Å². The second-order valence-corrected chi connectivity index (χ2v) is 8.28. The van der Waals surface area contributed by atoms with Crippen molar-refractivity contribution in [2.24, 2.45) is 5.73 Å². The van der Waals surface area contributed by atoms with Gasteiger partial charge in [0, 0.05) is 49.4 Å². The molecule has 4 aromatic rings. The number of nitrogens with one attached hydrogen (secondary N) is 2. The highest BCUT2D eigenvalue weighted by atomic mass is 32.2. The first-order chi connectivity index (χ1) is 13.8. The van der Waals surface area contributed by atoms with Crippen LogP contribution in [0.4, 0.5) is 16.6 Å². The van der Waals surface area contributed by atoms with Crippen molar-refractivity contribution in [3.05, 3.63) is 48.3 Å². The van der Waals surface area contributed by atoms with E-state index in [1.54, 1.807) is 11.3 Å². The minimum absolute atomic E-state index is 0.378. The third-order valence-electron chi connectivity index (χ3n) is 4.47. The van der Waals surface area contributed by atoms with E-state index in [1.165, 1.54) is 30.5 Å². The smallest absolute Gasteiger partial charge is 0.189 e. The molecule has 0 aliphatic carbocycles. The summed E-state index contributed by atoms with van der Waals surface area (Å²) in [5.41, 5.74) is 8.38. The zero-order chi connectivity index (χ0) is 18.9. The molecule has 0 atom stereocenters. The number of thiazole rings is 1. The zero-order valence-electron chi connectivity index (χ0n) is 14.9. The molecule has 142 valence electrons. The highest BCUT2D eigenvalue weighted by Crippen LogP contribution is 2.31. The molecule has 1 aliphatic heterocycles. The standard InChI is InChI=1S/C18H18N8S2/c19-8-12-7-15(21-10-20-12)23-18-22-13-4-3-11(6-14(13)27-18)25-28-17-9-26-5-1-2-16(26)24-17/h3-4,6-7,9-10,25H,1-2,5,8,19H2,(H,20,21,22,23). The quantitative estimate of drug-likeness (QED) is 0.414. The van der Waals surface area contributed by atoms with Gasteiger partial charge in [0.1, 0.15) is 23.0 Å². The fraction of sp³-hybridized carbons (Fsp3) is 0.222. The number of hydrogen-bond acceptors (Lipinski definition) is 9. The van der Waals surface area contributed by atoms with Gasteiger partial charge in [0.25, 0.3) is 0 Å². The third-order valence-corrected chi connectivity index (χ3v) is 6.14. The van der Waals surface area contributed by atoms with E-state index in [0.717, 1.165) is 44.7 Å². The predicted molar refractivity (Wildman–Crippen MR) is 113 cm³/mol. The lowest BCUT2D eigenvalue weighted by atomic mass is 10.3. The molecule has 0 radical (unpaired) electrons. The Labute approximate surface area is 169 Å². The Hall–Kier alpha value is -2.69. The maximum Gasteiger partial charge on any atom is 0.189 e. The van der Waals surface area contributed by atoms with Crippen molar-refractivity contribution < 1.29 is 0 Å². The van der Waals surface area contributed by atoms with E-state index in [-0.39, 0.29) is 0 Å². The van der Waals surface area contributed by atoms with Gasteiger partial charge in [-0.15, -0.1) is 0 Å². The van der Waals surface area contributed by atoms with Gasteiger partial charge < -0.3 is 20.3 Å². The van der Waals surface area contributed by atoms with Crippen LogP contribution < -0.4 is 15.8 Å². The number of imidazole rings is 1. The topological polar surface area (TPSA) is 107 Å². The van der Waals surface area contributed by atoms with Crippen LogP contribution in [0.1, 0.15) is 17.9 Å². The lowest BCUT2D eigenvalue weighted by molar-refractivity contribution is 0.745. The minimum Gasteiger partial charge on any atom is -0.334 e. The van der Waals surface area contributed by atoms with Crippen molar-refractivity contribution in [3.8, 4) is 0 Å². The Morgan fingerprint density at radius 1 is 1.21 bits per heavy atom. The van der Waals surface area contributed by atoms with Gasteiger partial charge in [-0.1, -0.05) is 11.3 Å². The zero-order valence-corrected chi connectivity index (χ0v) is 16.6. The number of fused-ring (bicyclic) bond motifs is 2. The average molecular weight is 411 g/mol. The molecule has 4 heterocycles. The summed E-state index contributed by atoms with van der Waals surface area (Å²) in [6.07, 6.45) is 5.89. The Morgan fingerprint density at radius 2 is 2.18 bits per heavy atom. The first-order valence-corrected chi connectivity index (χ1v) is 10.6. The summed E-state index contributed by atoms with van der Waals surface area (Å²) >= 11 is 3.12. The van der Waals surface area contributed by atoms with Gasteiger partial charge in [0.05, 0.1) is 15.9 Å². The van der Waals surface area contributed by atoms with Crippen LogP contribution in [-0.2, 0) is 19.5 Å². The first-order valence-electron chi connectivity index (χ1n) is 8.94. The minimum atomic E-state index is 0.378. The molecular formula is C18H18N8S2. The molecule has 0 spiro atoms. The highest BCUT2D eigenvalue weighted by Gasteiger charge is 2.14. The predicted octanol–water partition coefficient (Wildman–Crippen LogP) is 3.55. The highest BCUT2D eigenvalue weighted by molar-refractivity contribution is 8.00. The van der Waals surface area contributed by atoms with E-state index in [4.69, 9.17) is 5.73 Å². The molecule has 0 saturated heterocycles. The Balaban J connectivity index is 1.30. The second kappa shape index (κ2) is 7.38. The Bertz CT molecular complexity index is 1110. The summed E-state index contributed by atoms with van der Waals surface area (Å²) < 4.78 is 6.71. The lowest BCUT2D eigenvalue weighted by Gasteiger charge is -2.02. The van der Waals surface area contributed by atoms with Gasteiger partial charge in [-0.25, -0.2) is 19.9 Å². The number of nitrogens with two attached hydrogens (primary N) is 1. The van der Waals surface area contributed by atoms with Crippen molar-refractivity contribution in [2.45, 2.75) is 31.0 Å². The van der Waals surface area contributed by atoms with Crippen molar-refractivity contribution in [1.29, 1.82) is 0 Å². The summed E-state index contributed by atoms with van der Waals surface area (Å²) in [5, 5.41) is 5.01. The van der Waals surface area contributed by atoms with Crippen LogP contribution in [0.15, 0.2) is 41.8 Å². The van der Waals surface area contributed by atoms with Crippen LogP contribution in [0.3, 0.4) is 0 Å². The van der Waals surface area contributed by atoms with Crippen molar-refractivity contribution in [1.82, 2.24) is 24.5 Å². The maximum atomic E-state index is 5.64. The van der Waals surface area contributed by atoms with Crippen LogP contribution in [0.2, 0.25) is 0 Å². The molecule has 5 rings (SSSR count). The number of aromatic nitrogens is 5. The number of rotatable bonds is 6. The van der Waals surface area contributed by atoms with Crippen molar-refractivity contribution >= 4 is 50.1 Å². The molecule has 1 aliphatic rings. The fourth-order valence-electron chi connectivity index (χ4n) is 3.12. The van der Waals surface area contributed by atoms with Gasteiger partial charge in [-0.2, -0.15) is 0 Å². The largest absolute Gasteiger partial charge is 0.334 e. The number of hydrogen-bond donors (Lipinski definition) is 3. The molecule has 28 heavy (non-hydrogen) atoms. The monoisotopic (exact) mass is 410 g/mol. The normalized spacial score (nSPS) is 13.0. The number of aryl methyl sites for hydroxylation is 2. The van der Waals surface area contributed by atoms with E-state index in [0.29, 0.717) is 12.4 Å². The van der Waals surface area contributed by atoms with Crippen molar-refractivity contribution in [2.75, 3.05) is 10.0 Å². The van der Waals surface area contributed by atoms with E-state index in [2.05, 4.69) is 46.8 Å². The molecule has 8 nitrogen and oxygen atoms in total. The SMILES string of the molecule is NCc1cc(Nc2nc3ccc(NSc4cn5c(n4)CCC5)cc3s2)ncn1. The van der Waals surface area contributed by atoms with E-state index < -0.39 is 0 Å². The summed E-state index contributed by atoms with van der Waals surface area (Å²) in [6, 6.07) is 7.97. The number of nitrogens with zero attached hydrogens (tertiary/aromatic N) is 5. The van der Waals surface area contributed by atoms with Crippen LogP contribution in [0, 0.1) is 0 Å². The molecule has 10 heteroatoms. The molecule has 0 saturated carbocycles. The molecule has 4 N–H and O–H groups in total. The Morgan fingerprint density at radius 3 is 3.07 bits per heavy atom. The molecule has 0 unspecified atom stereocenters. The van der Waals surface area contributed by atoms with E-state index in [9.17, 15) is 0 Å². The van der Waals surface area contributed by atoms with Crippen LogP contribution >= 0.6 is 23.3 Å². The van der Waals surface area contributed by atoms with Gasteiger partial charge in [-0.05, 0) is 24.6 Å². The molecule has 3 aromatic heterocycles. The van der Waals surface area contributed by atoms with E-state index >= 15 is 0 Å². The summed E-state index contributed by atoms with van der Waals surface area (Å²) in [4.78, 5) is 17.6. The van der Waals surface area contributed by atoms with Gasteiger partial charge in [-0.3, -0.25) is 0 Å². The van der Waals surface area contributed by atoms with Gasteiger partial charge in [0.2, 0.25) is 0 Å². The number of benzene rings is 1.